The first-order chi connectivity index (χ1) is 15.3. The molecule has 32 heavy (non-hydrogen) atoms. The highest BCUT2D eigenvalue weighted by atomic mass is 19.1. The summed E-state index contributed by atoms with van der Waals surface area (Å²) in [5.74, 6) is -3.41. The summed E-state index contributed by atoms with van der Waals surface area (Å²) in [5, 5.41) is 17.3. The number of hydrogen-bond donors (Lipinski definition) is 2. The molecule has 0 unspecified atom stereocenters. The molecule has 1 aliphatic heterocycles. The van der Waals surface area contributed by atoms with Gasteiger partial charge in [0.1, 0.15) is 18.5 Å². The maximum atomic E-state index is 13.3. The Kier molecular flexibility index (Phi) is 5.27. The number of halogens is 1. The molecule has 2 amide bonds. The zero-order chi connectivity index (χ0) is 23.0. The minimum Gasteiger partial charge on any atom is -0.478 e. The number of carboxylic acids is 1. The zero-order valence-corrected chi connectivity index (χ0v) is 16.9. The zero-order valence-electron chi connectivity index (χ0n) is 16.9. The van der Waals surface area contributed by atoms with E-state index in [0.29, 0.717) is 22.5 Å². The quantitative estimate of drug-likeness (QED) is 0.632. The smallest absolute Gasteiger partial charge is 0.333 e. The average Bonchev–Trinajstić information content (AvgIpc) is 3.28. The van der Waals surface area contributed by atoms with E-state index in [1.807, 2.05) is 0 Å². The first kappa shape index (κ1) is 20.9. The normalized spacial score (nSPS) is 16.1. The molecule has 4 rings (SSSR count). The Bertz CT molecular complexity index is 1250. The highest BCUT2D eigenvalue weighted by molar-refractivity contribution is 6.04. The van der Waals surface area contributed by atoms with Gasteiger partial charge in [0.05, 0.1) is 16.9 Å². The lowest BCUT2D eigenvalue weighted by Gasteiger charge is -2.31. The van der Waals surface area contributed by atoms with E-state index >= 15 is 0 Å². The number of aryl methyl sites for hydroxylation is 1. The first-order valence-corrected chi connectivity index (χ1v) is 9.58. The van der Waals surface area contributed by atoms with Crippen LogP contribution in [-0.4, -0.2) is 37.7 Å². The monoisotopic (exact) mass is 435 g/mol. The summed E-state index contributed by atoms with van der Waals surface area (Å²) in [5.41, 5.74) is 7.45. The highest BCUT2D eigenvalue weighted by Gasteiger charge is 2.34. The van der Waals surface area contributed by atoms with Crippen LogP contribution in [0.4, 0.5) is 10.1 Å². The second-order valence-corrected chi connectivity index (χ2v) is 7.35. The Balaban J connectivity index is 1.87. The van der Waals surface area contributed by atoms with Crippen molar-refractivity contribution in [3.05, 3.63) is 83.3 Å². The van der Waals surface area contributed by atoms with Crippen molar-refractivity contribution >= 4 is 23.5 Å². The van der Waals surface area contributed by atoms with E-state index in [4.69, 9.17) is 5.73 Å². The molecule has 0 bridgehead atoms. The number of primary amides is 1. The van der Waals surface area contributed by atoms with Crippen LogP contribution in [0.5, 0.6) is 0 Å². The van der Waals surface area contributed by atoms with E-state index in [1.54, 1.807) is 13.0 Å². The van der Waals surface area contributed by atoms with Crippen LogP contribution in [0.2, 0.25) is 0 Å². The average molecular weight is 435 g/mol. The minimum absolute atomic E-state index is 0.0254. The van der Waals surface area contributed by atoms with E-state index in [2.05, 4.69) is 10.2 Å². The van der Waals surface area contributed by atoms with Crippen molar-refractivity contribution in [2.24, 2.45) is 5.73 Å². The third-order valence-electron chi connectivity index (χ3n) is 5.35. The standard InChI is InChI=1S/C22H18FN5O4/c1-12-6-19(18(7-15(12)21(24)30)27-10-25-26-11-27)28-9-17(22(31)32)16(8-20(28)29)13-2-4-14(23)5-3-13/h2-7,9-11,16H,8H2,1H3,(H2,24,30)(H,31,32)/t16-/m0/s1. The van der Waals surface area contributed by atoms with Crippen LogP contribution >= 0.6 is 0 Å². The van der Waals surface area contributed by atoms with Crippen LogP contribution in [0.1, 0.15) is 33.8 Å². The molecule has 162 valence electrons. The SMILES string of the molecule is Cc1cc(N2C=C(C(=O)O)[C@H](c3ccc(F)cc3)CC2=O)c(-n2cnnc2)cc1C(N)=O. The summed E-state index contributed by atoms with van der Waals surface area (Å²) in [7, 11) is 0. The maximum Gasteiger partial charge on any atom is 0.333 e. The number of amides is 2. The Labute approximate surface area is 181 Å². The summed E-state index contributed by atoms with van der Waals surface area (Å²) in [6.45, 7) is 1.66. The molecule has 0 saturated carbocycles. The number of nitrogens with zero attached hydrogens (tertiary/aromatic N) is 4. The molecule has 10 heteroatoms. The summed E-state index contributed by atoms with van der Waals surface area (Å²) in [6.07, 6.45) is 3.89. The van der Waals surface area contributed by atoms with Gasteiger partial charge in [-0.1, -0.05) is 12.1 Å². The van der Waals surface area contributed by atoms with Crippen molar-refractivity contribution in [2.45, 2.75) is 19.3 Å². The number of rotatable bonds is 5. The molecule has 2 heterocycles. The Hall–Kier alpha value is -4.34. The molecule has 0 radical (unpaired) electrons. The number of carboxylic acid groups (broad SMARTS) is 1. The number of carbonyl (C=O) groups excluding carboxylic acids is 2. The lowest BCUT2D eigenvalue weighted by Crippen LogP contribution is -2.35. The fourth-order valence-electron chi connectivity index (χ4n) is 3.76. The molecule has 1 aliphatic rings. The fourth-order valence-corrected chi connectivity index (χ4v) is 3.76. The van der Waals surface area contributed by atoms with Gasteiger partial charge in [-0.25, -0.2) is 9.18 Å². The number of anilines is 1. The van der Waals surface area contributed by atoms with Crippen molar-refractivity contribution in [3.8, 4) is 5.69 Å². The Morgan fingerprint density at radius 2 is 1.78 bits per heavy atom. The molecular weight excluding hydrogens is 417 g/mol. The van der Waals surface area contributed by atoms with Gasteiger partial charge in [-0.05, 0) is 42.3 Å². The highest BCUT2D eigenvalue weighted by Crippen LogP contribution is 2.37. The summed E-state index contributed by atoms with van der Waals surface area (Å²) >= 11 is 0. The van der Waals surface area contributed by atoms with Gasteiger partial charge in [0, 0.05) is 24.1 Å². The van der Waals surface area contributed by atoms with Crippen LogP contribution in [-0.2, 0) is 9.59 Å². The Morgan fingerprint density at radius 1 is 1.12 bits per heavy atom. The van der Waals surface area contributed by atoms with E-state index in [1.165, 1.54) is 58.7 Å². The summed E-state index contributed by atoms with van der Waals surface area (Å²) < 4.78 is 14.8. The third-order valence-corrected chi connectivity index (χ3v) is 5.35. The van der Waals surface area contributed by atoms with Crippen LogP contribution in [0.3, 0.4) is 0 Å². The molecule has 2 aromatic carbocycles. The second kappa shape index (κ2) is 8.06. The molecule has 9 nitrogen and oxygen atoms in total. The van der Waals surface area contributed by atoms with Gasteiger partial charge in [-0.15, -0.1) is 10.2 Å². The van der Waals surface area contributed by atoms with Crippen LogP contribution in [0, 0.1) is 12.7 Å². The molecule has 1 aromatic heterocycles. The number of nitrogens with two attached hydrogens (primary N) is 1. The number of benzene rings is 2. The number of hydrogen-bond acceptors (Lipinski definition) is 5. The fraction of sp³-hybridized carbons (Fsp3) is 0.136. The van der Waals surface area contributed by atoms with Crippen molar-refractivity contribution in [2.75, 3.05) is 4.90 Å². The van der Waals surface area contributed by atoms with Crippen LogP contribution in [0.15, 0.2) is 60.8 Å². The van der Waals surface area contributed by atoms with E-state index in [-0.39, 0.29) is 23.5 Å². The lowest BCUT2D eigenvalue weighted by molar-refractivity contribution is -0.133. The van der Waals surface area contributed by atoms with E-state index in [9.17, 15) is 23.9 Å². The predicted octanol–water partition coefficient (Wildman–Crippen LogP) is 2.30. The van der Waals surface area contributed by atoms with Gasteiger partial charge in [0.2, 0.25) is 11.8 Å². The van der Waals surface area contributed by atoms with Crippen molar-refractivity contribution in [3.63, 3.8) is 0 Å². The third kappa shape index (κ3) is 3.73. The van der Waals surface area contributed by atoms with Gasteiger partial charge >= 0.3 is 5.97 Å². The van der Waals surface area contributed by atoms with Crippen molar-refractivity contribution < 1.29 is 23.9 Å². The van der Waals surface area contributed by atoms with Crippen molar-refractivity contribution in [1.82, 2.24) is 14.8 Å². The number of aromatic nitrogens is 3. The maximum absolute atomic E-state index is 13.3. The van der Waals surface area contributed by atoms with Gasteiger partial charge in [0.25, 0.3) is 0 Å². The molecule has 1 atom stereocenters. The van der Waals surface area contributed by atoms with Gasteiger partial charge in [-0.3, -0.25) is 19.1 Å². The molecule has 0 fully saturated rings. The van der Waals surface area contributed by atoms with E-state index in [0.717, 1.165) is 0 Å². The van der Waals surface area contributed by atoms with Gasteiger partial charge in [0.15, 0.2) is 0 Å². The molecule has 0 aliphatic carbocycles. The predicted molar refractivity (Wildman–Crippen MR) is 112 cm³/mol. The topological polar surface area (TPSA) is 131 Å². The number of aliphatic carboxylic acids is 1. The van der Waals surface area contributed by atoms with Gasteiger partial charge in [-0.2, -0.15) is 0 Å². The molecular formula is C22H18FN5O4. The molecule has 3 aromatic rings. The van der Waals surface area contributed by atoms with Gasteiger partial charge < -0.3 is 10.8 Å². The van der Waals surface area contributed by atoms with Crippen molar-refractivity contribution in [1.29, 1.82) is 0 Å². The number of carbonyl (C=O) groups is 3. The summed E-state index contributed by atoms with van der Waals surface area (Å²) in [4.78, 5) is 38.3. The molecule has 0 spiro atoms. The Morgan fingerprint density at radius 3 is 2.38 bits per heavy atom. The van der Waals surface area contributed by atoms with Crippen LogP contribution in [0.25, 0.3) is 5.69 Å². The molecule has 0 saturated heterocycles. The van der Waals surface area contributed by atoms with Crippen LogP contribution < -0.4 is 10.6 Å². The minimum atomic E-state index is -1.20. The first-order valence-electron chi connectivity index (χ1n) is 9.58. The largest absolute Gasteiger partial charge is 0.478 e. The van der Waals surface area contributed by atoms with E-state index < -0.39 is 23.6 Å². The lowest BCUT2D eigenvalue weighted by atomic mass is 9.85. The molecule has 3 N–H and O–H groups in total. The summed E-state index contributed by atoms with van der Waals surface area (Å²) in [6, 6.07) is 8.47. The second-order valence-electron chi connectivity index (χ2n) is 7.35.